The minimum atomic E-state index is -0.341. The van der Waals surface area contributed by atoms with Crippen LogP contribution in [0.1, 0.15) is 46.2 Å². The number of aromatic nitrogens is 2. The van der Waals surface area contributed by atoms with Gasteiger partial charge in [-0.2, -0.15) is 5.10 Å². The molecule has 6 nitrogen and oxygen atoms in total. The first kappa shape index (κ1) is 21.1. The minimum absolute atomic E-state index is 0.269. The summed E-state index contributed by atoms with van der Waals surface area (Å²) in [5, 5.41) is 14.2. The van der Waals surface area contributed by atoms with Crippen molar-refractivity contribution in [2.45, 2.75) is 45.8 Å². The number of aryl methyl sites for hydroxylation is 2. The van der Waals surface area contributed by atoms with Gasteiger partial charge in [-0.3, -0.25) is 9.58 Å². The zero-order valence-electron chi connectivity index (χ0n) is 18.0. The van der Waals surface area contributed by atoms with Gasteiger partial charge in [0.25, 0.3) is 0 Å². The van der Waals surface area contributed by atoms with Crippen LogP contribution in [0, 0.1) is 0 Å². The van der Waals surface area contributed by atoms with Crippen molar-refractivity contribution in [2.24, 2.45) is 0 Å². The summed E-state index contributed by atoms with van der Waals surface area (Å²) < 4.78 is 7.30. The van der Waals surface area contributed by atoms with Gasteiger partial charge in [0.2, 0.25) is 0 Å². The van der Waals surface area contributed by atoms with E-state index < -0.39 is 0 Å². The number of aromatic hydroxyl groups is 1. The average Bonchev–Trinajstić information content (AvgIpc) is 3.14. The lowest BCUT2D eigenvalue weighted by Gasteiger charge is -2.27. The Balaban J connectivity index is 1.49. The number of rotatable bonds is 8. The van der Waals surface area contributed by atoms with E-state index in [2.05, 4.69) is 34.3 Å². The molecule has 0 atom stereocenters. The third-order valence-electron chi connectivity index (χ3n) is 5.70. The van der Waals surface area contributed by atoms with Gasteiger partial charge in [-0.25, -0.2) is 4.79 Å². The molecule has 0 spiro atoms. The molecule has 0 radical (unpaired) electrons. The summed E-state index contributed by atoms with van der Waals surface area (Å²) in [6.07, 6.45) is 2.81. The van der Waals surface area contributed by atoms with E-state index in [0.29, 0.717) is 18.8 Å². The van der Waals surface area contributed by atoms with Crippen molar-refractivity contribution < 1.29 is 14.6 Å². The zero-order valence-corrected chi connectivity index (χ0v) is 18.0. The van der Waals surface area contributed by atoms with Crippen molar-refractivity contribution in [1.29, 1.82) is 0 Å². The number of carbonyl (C=O) groups excluding carboxylic acids is 1. The molecule has 3 aromatic rings. The fourth-order valence-corrected chi connectivity index (χ4v) is 4.17. The lowest BCUT2D eigenvalue weighted by Crippen LogP contribution is -2.31. The van der Waals surface area contributed by atoms with Crippen molar-refractivity contribution in [1.82, 2.24) is 14.7 Å². The number of ether oxygens (including phenoxy) is 1. The standard InChI is InChI=1S/C25H29N3O3/c1-2-31-25(30)24-22-18-27(17-20-10-12-21(29)13-11-20)16-14-23(22)28(26-24)15-6-9-19-7-4-3-5-8-19/h3-5,7-8,10-13,29H,2,6,9,14-18H2,1H3. The van der Waals surface area contributed by atoms with Crippen molar-refractivity contribution >= 4 is 5.97 Å². The van der Waals surface area contributed by atoms with E-state index in [-0.39, 0.29) is 11.7 Å². The van der Waals surface area contributed by atoms with E-state index in [1.165, 1.54) is 5.56 Å². The maximum absolute atomic E-state index is 12.6. The summed E-state index contributed by atoms with van der Waals surface area (Å²) >= 11 is 0. The van der Waals surface area contributed by atoms with Gasteiger partial charge in [0.1, 0.15) is 5.75 Å². The van der Waals surface area contributed by atoms with E-state index in [4.69, 9.17) is 4.74 Å². The molecule has 1 aliphatic heterocycles. The summed E-state index contributed by atoms with van der Waals surface area (Å²) in [7, 11) is 0. The first-order chi connectivity index (χ1) is 15.1. The number of carbonyl (C=O) groups is 1. The molecule has 4 rings (SSSR count). The van der Waals surface area contributed by atoms with E-state index in [0.717, 1.165) is 55.7 Å². The summed E-state index contributed by atoms with van der Waals surface area (Å²) in [6.45, 7) is 5.28. The van der Waals surface area contributed by atoms with Crippen LogP contribution < -0.4 is 0 Å². The largest absolute Gasteiger partial charge is 0.508 e. The highest BCUT2D eigenvalue weighted by molar-refractivity contribution is 5.89. The third-order valence-corrected chi connectivity index (χ3v) is 5.70. The summed E-state index contributed by atoms with van der Waals surface area (Å²) in [5.74, 6) is -0.0712. The Bertz CT molecular complexity index is 1010. The van der Waals surface area contributed by atoms with E-state index in [1.54, 1.807) is 12.1 Å². The molecule has 0 fully saturated rings. The third kappa shape index (κ3) is 5.14. The molecule has 0 bridgehead atoms. The number of benzene rings is 2. The molecule has 6 heteroatoms. The molecule has 2 aromatic carbocycles. The molecule has 2 heterocycles. The maximum atomic E-state index is 12.6. The van der Waals surface area contributed by atoms with Gasteiger partial charge < -0.3 is 9.84 Å². The van der Waals surface area contributed by atoms with E-state index >= 15 is 0 Å². The van der Waals surface area contributed by atoms with Gasteiger partial charge in [0.15, 0.2) is 5.69 Å². The number of phenolic OH excluding ortho intramolecular Hbond substituents is 1. The predicted octanol–water partition coefficient (Wildman–Crippen LogP) is 3.96. The average molecular weight is 420 g/mol. The number of hydrogen-bond donors (Lipinski definition) is 1. The molecule has 0 saturated heterocycles. The first-order valence-corrected chi connectivity index (χ1v) is 10.9. The number of esters is 1. The normalized spacial score (nSPS) is 13.7. The van der Waals surface area contributed by atoms with Crippen LogP contribution in [0.25, 0.3) is 0 Å². The molecular weight excluding hydrogens is 390 g/mol. The fourth-order valence-electron chi connectivity index (χ4n) is 4.17. The van der Waals surface area contributed by atoms with Crippen molar-refractivity contribution in [3.8, 4) is 5.75 Å². The molecule has 1 aromatic heterocycles. The fraction of sp³-hybridized carbons (Fsp3) is 0.360. The first-order valence-electron chi connectivity index (χ1n) is 10.9. The lowest BCUT2D eigenvalue weighted by atomic mass is 10.0. The smallest absolute Gasteiger partial charge is 0.359 e. The summed E-state index contributed by atoms with van der Waals surface area (Å²) in [6, 6.07) is 17.7. The highest BCUT2D eigenvalue weighted by atomic mass is 16.5. The highest BCUT2D eigenvalue weighted by Gasteiger charge is 2.28. The van der Waals surface area contributed by atoms with Gasteiger partial charge in [-0.15, -0.1) is 0 Å². The molecule has 0 aliphatic carbocycles. The molecule has 1 N–H and O–H groups in total. The number of fused-ring (bicyclic) bond motifs is 1. The highest BCUT2D eigenvalue weighted by Crippen LogP contribution is 2.25. The molecule has 0 amide bonds. The minimum Gasteiger partial charge on any atom is -0.508 e. The Kier molecular flexibility index (Phi) is 6.67. The molecule has 0 saturated carbocycles. The second-order valence-electron chi connectivity index (χ2n) is 7.93. The van der Waals surface area contributed by atoms with Crippen molar-refractivity contribution in [3.63, 3.8) is 0 Å². The monoisotopic (exact) mass is 419 g/mol. The van der Waals surface area contributed by atoms with E-state index in [9.17, 15) is 9.90 Å². The zero-order chi connectivity index (χ0) is 21.6. The molecule has 0 unspecified atom stereocenters. The van der Waals surface area contributed by atoms with Gasteiger partial charge in [0, 0.05) is 43.9 Å². The quantitative estimate of drug-likeness (QED) is 0.560. The second-order valence-corrected chi connectivity index (χ2v) is 7.93. The SMILES string of the molecule is CCOC(=O)c1nn(CCCc2ccccc2)c2c1CN(Cc1ccc(O)cc1)CC2. The van der Waals surface area contributed by atoms with Crippen LogP contribution in [0.3, 0.4) is 0 Å². The van der Waals surface area contributed by atoms with Gasteiger partial charge in [-0.05, 0) is 43.0 Å². The predicted molar refractivity (Wildman–Crippen MR) is 119 cm³/mol. The Morgan fingerprint density at radius 3 is 2.61 bits per heavy atom. The van der Waals surface area contributed by atoms with Gasteiger partial charge >= 0.3 is 5.97 Å². The molecule has 31 heavy (non-hydrogen) atoms. The topological polar surface area (TPSA) is 67.6 Å². The summed E-state index contributed by atoms with van der Waals surface area (Å²) in [5.41, 5.74) is 5.04. The lowest BCUT2D eigenvalue weighted by molar-refractivity contribution is 0.0515. The van der Waals surface area contributed by atoms with Crippen molar-refractivity contribution in [3.05, 3.63) is 82.7 Å². The molecular formula is C25H29N3O3. The molecule has 1 aliphatic rings. The van der Waals surface area contributed by atoms with Gasteiger partial charge in [-0.1, -0.05) is 42.5 Å². The Morgan fingerprint density at radius 1 is 1.10 bits per heavy atom. The number of phenols is 1. The van der Waals surface area contributed by atoms with Crippen LogP contribution >= 0.6 is 0 Å². The van der Waals surface area contributed by atoms with Crippen LogP contribution in [-0.2, 0) is 37.2 Å². The Morgan fingerprint density at radius 2 is 1.87 bits per heavy atom. The van der Waals surface area contributed by atoms with Crippen LogP contribution in [0.2, 0.25) is 0 Å². The Labute approximate surface area is 183 Å². The van der Waals surface area contributed by atoms with Crippen molar-refractivity contribution in [2.75, 3.05) is 13.2 Å². The van der Waals surface area contributed by atoms with Crippen LogP contribution in [-0.4, -0.2) is 38.9 Å². The van der Waals surface area contributed by atoms with Crippen LogP contribution in [0.4, 0.5) is 0 Å². The second kappa shape index (κ2) is 9.79. The number of nitrogens with zero attached hydrogens (tertiary/aromatic N) is 3. The summed E-state index contributed by atoms with van der Waals surface area (Å²) in [4.78, 5) is 14.9. The Hall–Kier alpha value is -3.12. The van der Waals surface area contributed by atoms with Gasteiger partial charge in [0.05, 0.1) is 6.61 Å². The van der Waals surface area contributed by atoms with Crippen LogP contribution in [0.15, 0.2) is 54.6 Å². The van der Waals surface area contributed by atoms with E-state index in [1.807, 2.05) is 29.8 Å². The molecule has 162 valence electrons. The van der Waals surface area contributed by atoms with Crippen LogP contribution in [0.5, 0.6) is 5.75 Å². The number of hydrogen-bond acceptors (Lipinski definition) is 5. The maximum Gasteiger partial charge on any atom is 0.359 e.